The van der Waals surface area contributed by atoms with E-state index in [1.54, 1.807) is 24.3 Å². The van der Waals surface area contributed by atoms with E-state index in [1.165, 1.54) is 4.90 Å². The number of para-hydroxylation sites is 1. The van der Waals surface area contributed by atoms with Crippen molar-refractivity contribution in [2.45, 2.75) is 16.8 Å². The summed E-state index contributed by atoms with van der Waals surface area (Å²) in [6.07, 6.45) is -0.458. The third kappa shape index (κ3) is 6.09. The Morgan fingerprint density at radius 2 is 1.48 bits per heavy atom. The van der Waals surface area contributed by atoms with Crippen LogP contribution < -0.4 is 4.74 Å². The van der Waals surface area contributed by atoms with Crippen molar-refractivity contribution in [3.8, 4) is 11.5 Å². The van der Waals surface area contributed by atoms with Crippen LogP contribution in [0.2, 0.25) is 0 Å². The standard InChI is InChI=1S/C25H25NO5S2/c27-25(30-17-19-7-3-1-4-8-19)26-15-20(24(32)16-26)18-33(28,29)23-13-11-22(12-14-23)31-21-9-5-2-6-10-21/h1-14,20,24,32H,15-18H2/t20-,24-/m0/s1. The first-order chi connectivity index (χ1) is 15.9. The Hall–Kier alpha value is -2.97. The minimum absolute atomic E-state index is 0.0947. The fourth-order valence-corrected chi connectivity index (χ4v) is 5.88. The number of likely N-dealkylation sites (tertiary alicyclic amines) is 1. The average Bonchev–Trinajstić information content (AvgIpc) is 3.19. The molecule has 0 aromatic heterocycles. The van der Waals surface area contributed by atoms with E-state index in [1.807, 2.05) is 60.7 Å². The summed E-state index contributed by atoms with van der Waals surface area (Å²) in [6, 6.07) is 25.1. The highest BCUT2D eigenvalue weighted by atomic mass is 32.2. The number of ether oxygens (including phenoxy) is 2. The Bertz CT molecular complexity index is 1170. The van der Waals surface area contributed by atoms with Crippen molar-refractivity contribution in [2.24, 2.45) is 5.92 Å². The summed E-state index contributed by atoms with van der Waals surface area (Å²) in [4.78, 5) is 14.2. The third-order valence-corrected chi connectivity index (χ3v) is 7.91. The van der Waals surface area contributed by atoms with Crippen LogP contribution in [0.15, 0.2) is 89.8 Å². The first-order valence-corrected chi connectivity index (χ1v) is 12.8. The van der Waals surface area contributed by atoms with Crippen LogP contribution in [0.1, 0.15) is 5.56 Å². The second-order valence-corrected chi connectivity index (χ2v) is 10.6. The van der Waals surface area contributed by atoms with Crippen LogP contribution in [-0.4, -0.2) is 43.5 Å². The van der Waals surface area contributed by atoms with Crippen molar-refractivity contribution in [2.75, 3.05) is 18.8 Å². The number of rotatable bonds is 7. The number of hydrogen-bond donors (Lipinski definition) is 1. The van der Waals surface area contributed by atoms with Gasteiger partial charge in [-0.3, -0.25) is 0 Å². The average molecular weight is 484 g/mol. The quantitative estimate of drug-likeness (QED) is 0.488. The van der Waals surface area contributed by atoms with Crippen molar-refractivity contribution in [1.29, 1.82) is 0 Å². The van der Waals surface area contributed by atoms with Gasteiger partial charge in [-0.1, -0.05) is 48.5 Å². The monoisotopic (exact) mass is 483 g/mol. The van der Waals surface area contributed by atoms with E-state index in [0.717, 1.165) is 5.56 Å². The van der Waals surface area contributed by atoms with Crippen LogP contribution in [0.5, 0.6) is 11.5 Å². The lowest BCUT2D eigenvalue weighted by Crippen LogP contribution is -2.30. The van der Waals surface area contributed by atoms with E-state index >= 15 is 0 Å². The molecule has 0 N–H and O–H groups in total. The molecule has 0 unspecified atom stereocenters. The zero-order valence-electron chi connectivity index (χ0n) is 17.9. The molecule has 1 aliphatic heterocycles. The predicted molar refractivity (Wildman–Crippen MR) is 129 cm³/mol. The smallest absolute Gasteiger partial charge is 0.410 e. The zero-order valence-corrected chi connectivity index (χ0v) is 19.6. The van der Waals surface area contributed by atoms with Gasteiger partial charge < -0.3 is 14.4 Å². The molecule has 1 fully saturated rings. The van der Waals surface area contributed by atoms with Crippen molar-refractivity contribution >= 4 is 28.6 Å². The van der Waals surface area contributed by atoms with Gasteiger partial charge in [-0.05, 0) is 42.0 Å². The van der Waals surface area contributed by atoms with Gasteiger partial charge in [0.25, 0.3) is 0 Å². The van der Waals surface area contributed by atoms with Gasteiger partial charge in [-0.2, -0.15) is 12.6 Å². The van der Waals surface area contributed by atoms with E-state index < -0.39 is 15.9 Å². The van der Waals surface area contributed by atoms with Gasteiger partial charge in [-0.25, -0.2) is 13.2 Å². The van der Waals surface area contributed by atoms with E-state index in [-0.39, 0.29) is 35.0 Å². The number of thiol groups is 1. The molecule has 4 rings (SSSR count). The van der Waals surface area contributed by atoms with Crippen molar-refractivity contribution in [1.82, 2.24) is 4.90 Å². The Balaban J connectivity index is 1.34. The summed E-state index contributed by atoms with van der Waals surface area (Å²) in [5.41, 5.74) is 0.895. The summed E-state index contributed by atoms with van der Waals surface area (Å²) >= 11 is 4.54. The van der Waals surface area contributed by atoms with Gasteiger partial charge in [0.05, 0.1) is 10.6 Å². The van der Waals surface area contributed by atoms with E-state index in [9.17, 15) is 13.2 Å². The SMILES string of the molecule is O=C(OCc1ccccc1)N1C[C@@H](CS(=O)(=O)c2ccc(Oc3ccccc3)cc2)[C@@H](S)C1. The number of amides is 1. The van der Waals surface area contributed by atoms with Crippen LogP contribution in [-0.2, 0) is 21.2 Å². The molecule has 0 radical (unpaired) electrons. The molecular formula is C25H25NO5S2. The molecule has 3 aromatic rings. The maximum Gasteiger partial charge on any atom is 0.410 e. The molecule has 1 aliphatic rings. The Labute approximate surface area is 199 Å². The third-order valence-electron chi connectivity index (χ3n) is 5.47. The molecule has 172 valence electrons. The molecular weight excluding hydrogens is 458 g/mol. The van der Waals surface area contributed by atoms with E-state index in [0.29, 0.717) is 18.0 Å². The van der Waals surface area contributed by atoms with Gasteiger partial charge in [0.15, 0.2) is 9.84 Å². The second-order valence-electron chi connectivity index (χ2n) is 7.94. The number of carbonyl (C=O) groups is 1. The predicted octanol–water partition coefficient (Wildman–Crippen LogP) is 4.82. The summed E-state index contributed by atoms with van der Waals surface area (Å²) in [7, 11) is -3.55. The molecule has 0 saturated carbocycles. The first-order valence-electron chi connectivity index (χ1n) is 10.6. The molecule has 1 saturated heterocycles. The summed E-state index contributed by atoms with van der Waals surface area (Å²) in [5, 5.41) is -0.246. The highest BCUT2D eigenvalue weighted by molar-refractivity contribution is 7.91. The van der Waals surface area contributed by atoms with Crippen LogP contribution in [0.3, 0.4) is 0 Å². The van der Waals surface area contributed by atoms with Gasteiger partial charge in [0, 0.05) is 24.3 Å². The molecule has 1 amide bonds. The maximum absolute atomic E-state index is 13.0. The van der Waals surface area contributed by atoms with E-state index in [2.05, 4.69) is 12.6 Å². The van der Waals surface area contributed by atoms with Crippen LogP contribution >= 0.6 is 12.6 Å². The van der Waals surface area contributed by atoms with E-state index in [4.69, 9.17) is 9.47 Å². The maximum atomic E-state index is 13.0. The number of sulfone groups is 1. The van der Waals surface area contributed by atoms with Gasteiger partial charge in [0.2, 0.25) is 0 Å². The Kier molecular flexibility index (Phi) is 7.25. The second kappa shape index (κ2) is 10.3. The topological polar surface area (TPSA) is 72.9 Å². The Morgan fingerprint density at radius 1 is 0.879 bits per heavy atom. The molecule has 3 aromatic carbocycles. The zero-order chi connectivity index (χ0) is 23.3. The lowest BCUT2D eigenvalue weighted by atomic mass is 10.1. The summed E-state index contributed by atoms with van der Waals surface area (Å²) < 4.78 is 37.1. The lowest BCUT2D eigenvalue weighted by molar-refractivity contribution is 0.103. The molecule has 0 aliphatic carbocycles. The Morgan fingerprint density at radius 3 is 2.15 bits per heavy atom. The minimum atomic E-state index is -3.55. The largest absolute Gasteiger partial charge is 0.457 e. The highest BCUT2D eigenvalue weighted by Gasteiger charge is 2.37. The van der Waals surface area contributed by atoms with Gasteiger partial charge >= 0.3 is 6.09 Å². The number of nitrogens with zero attached hydrogens (tertiary/aromatic N) is 1. The van der Waals surface area contributed by atoms with Gasteiger partial charge in [0.1, 0.15) is 18.1 Å². The minimum Gasteiger partial charge on any atom is -0.457 e. The van der Waals surface area contributed by atoms with Crippen molar-refractivity contribution < 1.29 is 22.7 Å². The summed E-state index contributed by atoms with van der Waals surface area (Å²) in [5.74, 6) is 0.849. The number of carbonyl (C=O) groups excluding carboxylic acids is 1. The van der Waals surface area contributed by atoms with Gasteiger partial charge in [-0.15, -0.1) is 0 Å². The fraction of sp³-hybridized carbons (Fsp3) is 0.240. The lowest BCUT2D eigenvalue weighted by Gasteiger charge is -2.16. The number of hydrogen-bond acceptors (Lipinski definition) is 6. The van der Waals surface area contributed by atoms with Crippen LogP contribution in [0.25, 0.3) is 0 Å². The molecule has 6 nitrogen and oxygen atoms in total. The molecule has 0 spiro atoms. The fourth-order valence-electron chi connectivity index (χ4n) is 3.70. The number of benzene rings is 3. The molecule has 1 heterocycles. The molecule has 0 bridgehead atoms. The first kappa shape index (κ1) is 23.2. The van der Waals surface area contributed by atoms with Crippen molar-refractivity contribution in [3.05, 3.63) is 90.5 Å². The summed E-state index contributed by atoms with van der Waals surface area (Å²) in [6.45, 7) is 0.810. The highest BCUT2D eigenvalue weighted by Crippen LogP contribution is 2.28. The normalized spacial score (nSPS) is 18.2. The molecule has 33 heavy (non-hydrogen) atoms. The van der Waals surface area contributed by atoms with Crippen LogP contribution in [0.4, 0.5) is 4.79 Å². The van der Waals surface area contributed by atoms with Crippen molar-refractivity contribution in [3.63, 3.8) is 0 Å². The molecule has 2 atom stereocenters. The molecule has 8 heteroatoms. The van der Waals surface area contributed by atoms with Crippen LogP contribution in [0, 0.1) is 5.92 Å².